The van der Waals surface area contributed by atoms with E-state index in [1.807, 2.05) is 22.7 Å². The van der Waals surface area contributed by atoms with E-state index in [2.05, 4.69) is 149 Å². The molecule has 0 amide bonds. The molecule has 0 radical (unpaired) electrons. The number of nitrogens with zero attached hydrogens (tertiary/aromatic N) is 3. The average molecular weight is 622 g/mol. The fourth-order valence-electron chi connectivity index (χ4n) is 7.56. The summed E-state index contributed by atoms with van der Waals surface area (Å²) in [5.74, 6) is 0. The van der Waals surface area contributed by atoms with Gasteiger partial charge in [-0.25, -0.2) is 4.98 Å². The lowest BCUT2D eigenvalue weighted by Gasteiger charge is -2.10. The van der Waals surface area contributed by atoms with E-state index < -0.39 is 0 Å². The van der Waals surface area contributed by atoms with Crippen LogP contribution in [0.3, 0.4) is 0 Å². The summed E-state index contributed by atoms with van der Waals surface area (Å²) in [4.78, 5) is 5.60. The fraction of sp³-hybridized carbons (Fsp3) is 0. The number of rotatable bonds is 2. The minimum Gasteiger partial charge on any atom is -0.306 e. The Bertz CT molecular complexity index is 2840. The van der Waals surface area contributed by atoms with Gasteiger partial charge >= 0.3 is 0 Å². The summed E-state index contributed by atoms with van der Waals surface area (Å²) >= 11 is 3.73. The van der Waals surface area contributed by atoms with Crippen LogP contribution in [0.4, 0.5) is 0 Å². The van der Waals surface area contributed by atoms with Crippen LogP contribution in [0.2, 0.25) is 0 Å². The molecule has 0 spiro atoms. The standard InChI is InChI=1S/C41H23N3S2/c1-5-17-31-24(11-1)30-23-35-38(42-41(30)44(31)34-20-10-16-28-26-13-4-8-22-37(26)46-40(28)34)29-14-2-6-18-32(29)43(35)33-19-9-15-27-25-12-3-7-21-36(25)45-39(27)33/h1-23H. The highest BCUT2D eigenvalue weighted by Gasteiger charge is 2.22. The molecule has 0 saturated heterocycles. The molecule has 0 aliphatic heterocycles. The number of hydrogen-bond donors (Lipinski definition) is 0. The molecule has 11 rings (SSSR count). The Morgan fingerprint density at radius 2 is 0.891 bits per heavy atom. The summed E-state index contributed by atoms with van der Waals surface area (Å²) in [7, 11) is 0. The van der Waals surface area contributed by atoms with Crippen LogP contribution in [0.15, 0.2) is 140 Å². The molecule has 0 saturated carbocycles. The van der Waals surface area contributed by atoms with E-state index in [0.717, 1.165) is 27.5 Å². The summed E-state index contributed by atoms with van der Waals surface area (Å²) in [6, 6.07) is 50.7. The summed E-state index contributed by atoms with van der Waals surface area (Å²) in [6.45, 7) is 0. The molecule has 0 aliphatic carbocycles. The molecule has 5 heteroatoms. The van der Waals surface area contributed by atoms with Crippen LogP contribution in [0, 0.1) is 0 Å². The first-order valence-corrected chi connectivity index (χ1v) is 17.1. The predicted octanol–water partition coefficient (Wildman–Crippen LogP) is 12.0. The molecular weight excluding hydrogens is 599 g/mol. The molecule has 6 aromatic carbocycles. The van der Waals surface area contributed by atoms with Crippen LogP contribution in [0.5, 0.6) is 0 Å². The molecule has 5 aromatic heterocycles. The van der Waals surface area contributed by atoms with Gasteiger partial charge in [0.15, 0.2) is 0 Å². The van der Waals surface area contributed by atoms with Crippen molar-refractivity contribution in [2.45, 2.75) is 0 Å². The van der Waals surface area contributed by atoms with Gasteiger partial charge in [-0.3, -0.25) is 4.57 Å². The second kappa shape index (κ2) is 9.04. The van der Waals surface area contributed by atoms with Gasteiger partial charge in [-0.1, -0.05) is 97.1 Å². The van der Waals surface area contributed by atoms with E-state index in [1.54, 1.807) is 0 Å². The van der Waals surface area contributed by atoms with Crippen LogP contribution in [-0.2, 0) is 0 Å². The van der Waals surface area contributed by atoms with Crippen LogP contribution < -0.4 is 0 Å². The number of benzene rings is 6. The molecule has 0 bridgehead atoms. The lowest BCUT2D eigenvalue weighted by molar-refractivity contribution is 1.16. The summed E-state index contributed by atoms with van der Waals surface area (Å²) < 4.78 is 10.0. The summed E-state index contributed by atoms with van der Waals surface area (Å²) in [5, 5.41) is 8.73. The van der Waals surface area contributed by atoms with Gasteiger partial charge in [0, 0.05) is 47.1 Å². The third-order valence-electron chi connectivity index (χ3n) is 9.52. The Balaban J connectivity index is 1.29. The van der Waals surface area contributed by atoms with Crippen molar-refractivity contribution in [2.24, 2.45) is 0 Å². The largest absolute Gasteiger partial charge is 0.306 e. The van der Waals surface area contributed by atoms with Gasteiger partial charge in [-0.15, -0.1) is 22.7 Å². The molecule has 214 valence electrons. The van der Waals surface area contributed by atoms with Gasteiger partial charge in [-0.05, 0) is 42.5 Å². The Kier molecular flexibility index (Phi) is 4.87. The SMILES string of the molecule is c1ccc2c(c1)sc1c(-n3c4ccccc4c4nc5c(cc43)c3ccccc3n5-c3cccc4c3sc3ccccc34)cccc12. The van der Waals surface area contributed by atoms with Crippen molar-refractivity contribution in [3.63, 3.8) is 0 Å². The van der Waals surface area contributed by atoms with Gasteiger partial charge in [0.05, 0.1) is 42.8 Å². The maximum Gasteiger partial charge on any atom is 0.146 e. The number of para-hydroxylation sites is 2. The first-order valence-electron chi connectivity index (χ1n) is 15.5. The third-order valence-corrected chi connectivity index (χ3v) is 11.9. The van der Waals surface area contributed by atoms with E-state index >= 15 is 0 Å². The molecule has 46 heavy (non-hydrogen) atoms. The summed E-state index contributed by atoms with van der Waals surface area (Å²) in [6.07, 6.45) is 0. The van der Waals surface area contributed by atoms with E-state index in [1.165, 1.54) is 68.1 Å². The molecular formula is C41H23N3S2. The second-order valence-electron chi connectivity index (χ2n) is 11.9. The monoisotopic (exact) mass is 621 g/mol. The van der Waals surface area contributed by atoms with Crippen molar-refractivity contribution >= 4 is 107 Å². The highest BCUT2D eigenvalue weighted by atomic mass is 32.1. The van der Waals surface area contributed by atoms with Gasteiger partial charge in [-0.2, -0.15) is 0 Å². The smallest absolute Gasteiger partial charge is 0.146 e. The molecule has 0 aliphatic rings. The average Bonchev–Trinajstić information content (AvgIpc) is 3.85. The number of fused-ring (bicyclic) bond motifs is 12. The highest BCUT2D eigenvalue weighted by molar-refractivity contribution is 7.26. The number of aromatic nitrogens is 3. The second-order valence-corrected chi connectivity index (χ2v) is 14.0. The van der Waals surface area contributed by atoms with E-state index in [4.69, 9.17) is 4.98 Å². The number of hydrogen-bond acceptors (Lipinski definition) is 3. The van der Waals surface area contributed by atoms with E-state index in [-0.39, 0.29) is 0 Å². The van der Waals surface area contributed by atoms with E-state index in [9.17, 15) is 0 Å². The van der Waals surface area contributed by atoms with Gasteiger partial charge in [0.1, 0.15) is 5.65 Å². The van der Waals surface area contributed by atoms with Crippen molar-refractivity contribution in [3.8, 4) is 11.4 Å². The topological polar surface area (TPSA) is 22.8 Å². The van der Waals surface area contributed by atoms with Crippen molar-refractivity contribution < 1.29 is 0 Å². The molecule has 11 aromatic rings. The number of pyridine rings is 1. The van der Waals surface area contributed by atoms with E-state index in [0.29, 0.717) is 0 Å². The normalized spacial score (nSPS) is 12.3. The molecule has 0 unspecified atom stereocenters. The first kappa shape index (κ1) is 24.8. The molecule has 0 N–H and O–H groups in total. The van der Waals surface area contributed by atoms with Gasteiger partial charge < -0.3 is 4.57 Å². The van der Waals surface area contributed by atoms with Crippen LogP contribution in [0.1, 0.15) is 0 Å². The quantitative estimate of drug-likeness (QED) is 0.188. The maximum atomic E-state index is 5.60. The summed E-state index contributed by atoms with van der Waals surface area (Å²) in [5.41, 5.74) is 7.85. The Hall–Kier alpha value is -5.49. The van der Waals surface area contributed by atoms with Gasteiger partial charge in [0.25, 0.3) is 0 Å². The van der Waals surface area contributed by atoms with Crippen molar-refractivity contribution in [2.75, 3.05) is 0 Å². The minimum absolute atomic E-state index is 0.988. The van der Waals surface area contributed by atoms with Crippen molar-refractivity contribution in [1.29, 1.82) is 0 Å². The Labute approximate surface area is 270 Å². The van der Waals surface area contributed by atoms with Crippen molar-refractivity contribution in [3.05, 3.63) is 140 Å². The zero-order valence-electron chi connectivity index (χ0n) is 24.4. The zero-order valence-corrected chi connectivity index (χ0v) is 26.1. The first-order chi connectivity index (χ1) is 22.8. The third kappa shape index (κ3) is 3.18. The fourth-order valence-corrected chi connectivity index (χ4v) is 9.97. The molecule has 0 atom stereocenters. The zero-order chi connectivity index (χ0) is 29.9. The van der Waals surface area contributed by atoms with Crippen molar-refractivity contribution in [1.82, 2.24) is 14.1 Å². The molecule has 3 nitrogen and oxygen atoms in total. The van der Waals surface area contributed by atoms with Crippen LogP contribution in [0.25, 0.3) is 95.6 Å². The Morgan fingerprint density at radius 1 is 0.391 bits per heavy atom. The maximum absolute atomic E-state index is 5.60. The van der Waals surface area contributed by atoms with Crippen LogP contribution >= 0.6 is 22.7 Å². The lowest BCUT2D eigenvalue weighted by Crippen LogP contribution is -1.97. The lowest BCUT2D eigenvalue weighted by atomic mass is 10.1. The predicted molar refractivity (Wildman–Crippen MR) is 199 cm³/mol. The highest BCUT2D eigenvalue weighted by Crippen LogP contribution is 2.44. The number of thiophene rings is 2. The van der Waals surface area contributed by atoms with Crippen LogP contribution in [-0.4, -0.2) is 14.1 Å². The Morgan fingerprint density at radius 3 is 1.54 bits per heavy atom. The van der Waals surface area contributed by atoms with Gasteiger partial charge in [0.2, 0.25) is 0 Å². The molecule has 0 fully saturated rings. The molecule has 5 heterocycles. The minimum atomic E-state index is 0.988.